The third-order valence-corrected chi connectivity index (χ3v) is 5.88. The van der Waals surface area contributed by atoms with E-state index in [4.69, 9.17) is 0 Å². The average molecular weight is 367 g/mol. The molecule has 1 saturated carbocycles. The lowest BCUT2D eigenvalue weighted by Gasteiger charge is -2.34. The Morgan fingerprint density at radius 1 is 1.19 bits per heavy atom. The first-order chi connectivity index (χ1) is 13.1. The molecule has 1 aliphatic heterocycles. The van der Waals surface area contributed by atoms with Crippen LogP contribution in [0.4, 0.5) is 0 Å². The summed E-state index contributed by atoms with van der Waals surface area (Å²) in [5.41, 5.74) is 1.74. The van der Waals surface area contributed by atoms with Crippen LogP contribution in [0.1, 0.15) is 43.5 Å². The summed E-state index contributed by atoms with van der Waals surface area (Å²) in [5.74, 6) is 1.60. The van der Waals surface area contributed by atoms with Crippen LogP contribution in [0.2, 0.25) is 0 Å². The molecule has 1 atom stereocenters. The van der Waals surface area contributed by atoms with E-state index in [0.29, 0.717) is 12.0 Å². The summed E-state index contributed by atoms with van der Waals surface area (Å²) < 4.78 is 1.81. The molecular formula is C22H30N4O. The second-order valence-corrected chi connectivity index (χ2v) is 8.35. The molecular weight excluding hydrogens is 336 g/mol. The van der Waals surface area contributed by atoms with Gasteiger partial charge in [-0.05, 0) is 61.4 Å². The number of rotatable bonds is 5. The van der Waals surface area contributed by atoms with E-state index >= 15 is 0 Å². The van der Waals surface area contributed by atoms with E-state index in [0.717, 1.165) is 43.2 Å². The Morgan fingerprint density at radius 2 is 1.96 bits per heavy atom. The molecule has 144 valence electrons. The van der Waals surface area contributed by atoms with Gasteiger partial charge in [-0.2, -0.15) is 5.10 Å². The molecule has 0 radical (unpaired) electrons. The fourth-order valence-corrected chi connectivity index (χ4v) is 4.10. The Morgan fingerprint density at radius 3 is 2.59 bits per heavy atom. The molecule has 2 heterocycles. The molecule has 2 aliphatic rings. The monoisotopic (exact) mass is 366 g/mol. The molecule has 4 rings (SSSR count). The lowest BCUT2D eigenvalue weighted by molar-refractivity contribution is 0.0704. The molecule has 1 unspecified atom stereocenters. The molecule has 0 spiro atoms. The third-order valence-electron chi connectivity index (χ3n) is 5.88. The molecule has 5 heteroatoms. The molecule has 1 saturated heterocycles. The lowest BCUT2D eigenvalue weighted by Crippen LogP contribution is -2.46. The van der Waals surface area contributed by atoms with Gasteiger partial charge in [0, 0.05) is 50.2 Å². The minimum absolute atomic E-state index is 0.154. The van der Waals surface area contributed by atoms with Crippen LogP contribution in [0.25, 0.3) is 5.69 Å². The molecule has 1 aliphatic carbocycles. The maximum absolute atomic E-state index is 13.1. The first kappa shape index (κ1) is 18.2. The van der Waals surface area contributed by atoms with Gasteiger partial charge >= 0.3 is 0 Å². The van der Waals surface area contributed by atoms with Gasteiger partial charge in [0.15, 0.2) is 0 Å². The quantitative estimate of drug-likeness (QED) is 0.814. The van der Waals surface area contributed by atoms with Gasteiger partial charge < -0.3 is 4.90 Å². The van der Waals surface area contributed by atoms with E-state index in [2.05, 4.69) is 28.7 Å². The van der Waals surface area contributed by atoms with Gasteiger partial charge in [-0.1, -0.05) is 13.8 Å². The predicted molar refractivity (Wildman–Crippen MR) is 107 cm³/mol. The fourth-order valence-electron chi connectivity index (χ4n) is 4.10. The van der Waals surface area contributed by atoms with Crippen LogP contribution in [-0.2, 0) is 0 Å². The maximum Gasteiger partial charge on any atom is 0.253 e. The van der Waals surface area contributed by atoms with Crippen molar-refractivity contribution >= 4 is 5.91 Å². The Kier molecular flexibility index (Phi) is 5.30. The van der Waals surface area contributed by atoms with Crippen molar-refractivity contribution in [1.29, 1.82) is 0 Å². The van der Waals surface area contributed by atoms with Crippen LogP contribution in [0.3, 0.4) is 0 Å². The van der Waals surface area contributed by atoms with Crippen molar-refractivity contribution in [3.63, 3.8) is 0 Å². The molecule has 0 bridgehead atoms. The van der Waals surface area contributed by atoms with Crippen LogP contribution in [0, 0.1) is 11.8 Å². The zero-order valence-electron chi connectivity index (χ0n) is 16.4. The van der Waals surface area contributed by atoms with Gasteiger partial charge in [0.05, 0.1) is 5.69 Å². The van der Waals surface area contributed by atoms with Crippen LogP contribution in [-0.4, -0.2) is 57.7 Å². The van der Waals surface area contributed by atoms with Crippen molar-refractivity contribution in [2.45, 2.75) is 39.2 Å². The Bertz CT molecular complexity index is 749. The number of carbonyl (C=O) groups is 1. The van der Waals surface area contributed by atoms with E-state index in [-0.39, 0.29) is 5.91 Å². The van der Waals surface area contributed by atoms with Gasteiger partial charge in [-0.3, -0.25) is 9.69 Å². The summed E-state index contributed by atoms with van der Waals surface area (Å²) in [7, 11) is 0. The average Bonchev–Trinajstić information content (AvgIpc) is 3.38. The van der Waals surface area contributed by atoms with Gasteiger partial charge in [0.2, 0.25) is 0 Å². The topological polar surface area (TPSA) is 41.4 Å². The zero-order valence-corrected chi connectivity index (χ0v) is 16.4. The molecule has 2 fully saturated rings. The molecule has 2 aromatic rings. The molecule has 5 nitrogen and oxygen atoms in total. The van der Waals surface area contributed by atoms with Crippen molar-refractivity contribution in [1.82, 2.24) is 19.6 Å². The van der Waals surface area contributed by atoms with Crippen molar-refractivity contribution < 1.29 is 4.79 Å². The first-order valence-corrected chi connectivity index (χ1v) is 10.2. The largest absolute Gasteiger partial charge is 0.337 e. The highest BCUT2D eigenvalue weighted by atomic mass is 16.2. The van der Waals surface area contributed by atoms with Crippen LogP contribution in [0.5, 0.6) is 0 Å². The SMILES string of the molecule is CC(C)C1CN(C(=O)c2ccc(-n3cccn3)cc2)CCCN1CC1CC1. The maximum atomic E-state index is 13.1. The number of hydrogen-bond acceptors (Lipinski definition) is 3. The summed E-state index contributed by atoms with van der Waals surface area (Å²) >= 11 is 0. The molecule has 1 amide bonds. The first-order valence-electron chi connectivity index (χ1n) is 10.2. The van der Waals surface area contributed by atoms with Crippen LogP contribution in [0.15, 0.2) is 42.7 Å². The predicted octanol–water partition coefficient (Wildman–Crippen LogP) is 3.45. The van der Waals surface area contributed by atoms with Crippen molar-refractivity contribution in [2.75, 3.05) is 26.2 Å². The highest BCUT2D eigenvalue weighted by Gasteiger charge is 2.33. The minimum Gasteiger partial charge on any atom is -0.337 e. The second kappa shape index (κ2) is 7.85. The lowest BCUT2D eigenvalue weighted by atomic mass is 10.0. The summed E-state index contributed by atoms with van der Waals surface area (Å²) in [6.45, 7) is 8.59. The molecule has 1 aromatic heterocycles. The van der Waals surface area contributed by atoms with Crippen LogP contribution < -0.4 is 0 Å². The summed E-state index contributed by atoms with van der Waals surface area (Å²) in [5, 5.41) is 4.25. The minimum atomic E-state index is 0.154. The van der Waals surface area contributed by atoms with Crippen molar-refractivity contribution in [3.05, 3.63) is 48.3 Å². The number of amides is 1. The van der Waals surface area contributed by atoms with E-state index in [1.807, 2.05) is 41.2 Å². The third kappa shape index (κ3) is 4.24. The van der Waals surface area contributed by atoms with E-state index < -0.39 is 0 Å². The van der Waals surface area contributed by atoms with Gasteiger partial charge in [-0.25, -0.2) is 4.68 Å². The highest BCUT2D eigenvalue weighted by Crippen LogP contribution is 2.32. The van der Waals surface area contributed by atoms with Gasteiger partial charge in [-0.15, -0.1) is 0 Å². The Labute approximate surface area is 162 Å². The Hall–Kier alpha value is -2.14. The number of carbonyl (C=O) groups excluding carboxylic acids is 1. The fraction of sp³-hybridized carbons (Fsp3) is 0.545. The number of benzene rings is 1. The number of aromatic nitrogens is 2. The van der Waals surface area contributed by atoms with Gasteiger partial charge in [0.25, 0.3) is 5.91 Å². The summed E-state index contributed by atoms with van der Waals surface area (Å²) in [6.07, 6.45) is 7.50. The second-order valence-electron chi connectivity index (χ2n) is 8.35. The van der Waals surface area contributed by atoms with Crippen LogP contribution >= 0.6 is 0 Å². The van der Waals surface area contributed by atoms with E-state index in [1.54, 1.807) is 6.20 Å². The highest BCUT2D eigenvalue weighted by molar-refractivity contribution is 5.94. The standard InChI is InChI=1S/C22H30N4O/c1-17(2)21-16-25(13-4-12-24(21)15-18-5-6-18)22(27)19-7-9-20(10-8-19)26-14-3-11-23-26/h3,7-11,14,17-18,21H,4-6,12-13,15-16H2,1-2H3. The smallest absolute Gasteiger partial charge is 0.253 e. The molecule has 27 heavy (non-hydrogen) atoms. The normalized spacial score (nSPS) is 21.4. The number of nitrogens with zero attached hydrogens (tertiary/aromatic N) is 4. The van der Waals surface area contributed by atoms with E-state index in [9.17, 15) is 4.79 Å². The van der Waals surface area contributed by atoms with Crippen molar-refractivity contribution in [3.8, 4) is 5.69 Å². The summed E-state index contributed by atoms with van der Waals surface area (Å²) in [6, 6.07) is 10.2. The van der Waals surface area contributed by atoms with Gasteiger partial charge in [0.1, 0.15) is 0 Å². The zero-order chi connectivity index (χ0) is 18.8. The Balaban J connectivity index is 1.47. The molecule has 1 aromatic carbocycles. The van der Waals surface area contributed by atoms with E-state index in [1.165, 1.54) is 19.4 Å². The number of hydrogen-bond donors (Lipinski definition) is 0. The summed E-state index contributed by atoms with van der Waals surface area (Å²) in [4.78, 5) is 17.9. The van der Waals surface area contributed by atoms with Crippen molar-refractivity contribution in [2.24, 2.45) is 11.8 Å². The molecule has 0 N–H and O–H groups in total.